The lowest BCUT2D eigenvalue weighted by molar-refractivity contribution is 0.0691. The smallest absolute Gasteiger partial charge is 0.358 e. The molecule has 0 saturated heterocycles. The van der Waals surface area contributed by atoms with Gasteiger partial charge in [0.25, 0.3) is 0 Å². The molecule has 2 rings (SSSR count). The molecule has 92 valence electrons. The summed E-state index contributed by atoms with van der Waals surface area (Å²) in [5.41, 5.74) is 2.18. The molecule has 5 heteroatoms. The van der Waals surface area contributed by atoms with Crippen molar-refractivity contribution in [2.45, 2.75) is 13.5 Å². The quantitative estimate of drug-likeness (QED) is 0.860. The number of nitrogens with one attached hydrogen (secondary N) is 1. The summed E-state index contributed by atoms with van der Waals surface area (Å²) in [4.78, 5) is 18.7. The van der Waals surface area contributed by atoms with Crippen molar-refractivity contribution in [3.8, 4) is 0 Å². The lowest BCUT2D eigenvalue weighted by atomic mass is 10.1. The zero-order valence-corrected chi connectivity index (χ0v) is 9.92. The van der Waals surface area contributed by atoms with Crippen molar-refractivity contribution >= 4 is 11.8 Å². The molecule has 0 fully saturated rings. The molecule has 1 aromatic heterocycles. The van der Waals surface area contributed by atoms with E-state index in [4.69, 9.17) is 5.11 Å². The second-order valence-corrected chi connectivity index (χ2v) is 3.90. The highest BCUT2D eigenvalue weighted by molar-refractivity contribution is 5.90. The SMILES string of the molecule is Cc1ccc(CNc2nccnc2C(=O)O)cc1. The summed E-state index contributed by atoms with van der Waals surface area (Å²) in [5.74, 6) is -0.805. The number of carboxylic acids is 1. The number of aryl methyl sites for hydroxylation is 1. The first kappa shape index (κ1) is 12.0. The highest BCUT2D eigenvalue weighted by atomic mass is 16.4. The van der Waals surface area contributed by atoms with Crippen molar-refractivity contribution in [1.82, 2.24) is 9.97 Å². The van der Waals surface area contributed by atoms with Crippen LogP contribution in [0.25, 0.3) is 0 Å². The molecule has 2 N–H and O–H groups in total. The van der Waals surface area contributed by atoms with Gasteiger partial charge in [-0.3, -0.25) is 0 Å². The monoisotopic (exact) mass is 243 g/mol. The highest BCUT2D eigenvalue weighted by Gasteiger charge is 2.11. The number of benzene rings is 1. The van der Waals surface area contributed by atoms with Crippen LogP contribution in [-0.4, -0.2) is 21.0 Å². The van der Waals surface area contributed by atoms with E-state index in [1.807, 2.05) is 31.2 Å². The van der Waals surface area contributed by atoms with Crippen molar-refractivity contribution in [1.29, 1.82) is 0 Å². The van der Waals surface area contributed by atoms with Crippen LogP contribution < -0.4 is 5.32 Å². The summed E-state index contributed by atoms with van der Waals surface area (Å²) in [6.07, 6.45) is 2.82. The van der Waals surface area contributed by atoms with Crippen LogP contribution in [0.1, 0.15) is 21.6 Å². The van der Waals surface area contributed by atoms with Crippen LogP contribution in [0, 0.1) is 6.92 Å². The van der Waals surface area contributed by atoms with Gasteiger partial charge in [-0.05, 0) is 12.5 Å². The van der Waals surface area contributed by atoms with Gasteiger partial charge in [0.15, 0.2) is 11.5 Å². The van der Waals surface area contributed by atoms with Gasteiger partial charge in [-0.1, -0.05) is 29.8 Å². The summed E-state index contributed by atoms with van der Waals surface area (Å²) in [6, 6.07) is 7.98. The van der Waals surface area contributed by atoms with Crippen LogP contribution in [0.5, 0.6) is 0 Å². The number of anilines is 1. The van der Waals surface area contributed by atoms with Crippen molar-refractivity contribution < 1.29 is 9.90 Å². The third-order valence-corrected chi connectivity index (χ3v) is 2.48. The Balaban J connectivity index is 2.10. The average molecular weight is 243 g/mol. The lowest BCUT2D eigenvalue weighted by Gasteiger charge is -2.07. The van der Waals surface area contributed by atoms with E-state index in [9.17, 15) is 4.79 Å². The largest absolute Gasteiger partial charge is 0.476 e. The standard InChI is InChI=1S/C13H13N3O2/c1-9-2-4-10(5-3-9)8-16-12-11(13(17)18)14-6-7-15-12/h2-7H,8H2,1H3,(H,15,16)(H,17,18). The van der Waals surface area contributed by atoms with E-state index < -0.39 is 5.97 Å². The summed E-state index contributed by atoms with van der Waals surface area (Å²) < 4.78 is 0. The van der Waals surface area contributed by atoms with Crippen molar-refractivity contribution in [3.63, 3.8) is 0 Å². The van der Waals surface area contributed by atoms with Gasteiger partial charge < -0.3 is 10.4 Å². The third kappa shape index (κ3) is 2.82. The molecule has 0 aliphatic rings. The number of carboxylic acid groups (broad SMARTS) is 1. The van der Waals surface area contributed by atoms with E-state index in [0.29, 0.717) is 6.54 Å². The maximum absolute atomic E-state index is 10.9. The minimum Gasteiger partial charge on any atom is -0.476 e. The predicted octanol–water partition coefficient (Wildman–Crippen LogP) is 2.10. The van der Waals surface area contributed by atoms with Crippen LogP contribution in [-0.2, 0) is 6.54 Å². The van der Waals surface area contributed by atoms with Gasteiger partial charge >= 0.3 is 5.97 Å². The first-order valence-electron chi connectivity index (χ1n) is 5.50. The minimum atomic E-state index is -1.09. The van der Waals surface area contributed by atoms with Crippen LogP contribution in [0.15, 0.2) is 36.7 Å². The Labute approximate surface area is 105 Å². The molecule has 0 bridgehead atoms. The van der Waals surface area contributed by atoms with Gasteiger partial charge in [0.05, 0.1) is 0 Å². The number of hydrogen-bond donors (Lipinski definition) is 2. The topological polar surface area (TPSA) is 75.1 Å². The Hall–Kier alpha value is -2.43. The van der Waals surface area contributed by atoms with Crippen LogP contribution in [0.4, 0.5) is 5.82 Å². The normalized spacial score (nSPS) is 10.1. The Morgan fingerprint density at radius 3 is 2.56 bits per heavy atom. The van der Waals surface area contributed by atoms with E-state index in [2.05, 4.69) is 15.3 Å². The van der Waals surface area contributed by atoms with E-state index in [-0.39, 0.29) is 11.5 Å². The second-order valence-electron chi connectivity index (χ2n) is 3.90. The van der Waals surface area contributed by atoms with Crippen LogP contribution in [0.3, 0.4) is 0 Å². The maximum atomic E-state index is 10.9. The zero-order valence-electron chi connectivity index (χ0n) is 9.92. The van der Waals surface area contributed by atoms with Crippen LogP contribution in [0.2, 0.25) is 0 Å². The Morgan fingerprint density at radius 1 is 1.22 bits per heavy atom. The molecule has 0 spiro atoms. The third-order valence-electron chi connectivity index (χ3n) is 2.48. The molecule has 0 aliphatic heterocycles. The van der Waals surface area contributed by atoms with Gasteiger partial charge in [-0.15, -0.1) is 0 Å². The molecule has 2 aromatic rings. The first-order valence-corrected chi connectivity index (χ1v) is 5.50. The molecule has 1 aromatic carbocycles. The number of aromatic carboxylic acids is 1. The average Bonchev–Trinajstić information content (AvgIpc) is 2.38. The molecule has 0 aliphatic carbocycles. The molecular formula is C13H13N3O2. The highest BCUT2D eigenvalue weighted by Crippen LogP contribution is 2.10. The fourth-order valence-corrected chi connectivity index (χ4v) is 1.52. The molecule has 1 heterocycles. The number of hydrogen-bond acceptors (Lipinski definition) is 4. The molecular weight excluding hydrogens is 230 g/mol. The van der Waals surface area contributed by atoms with Crippen molar-refractivity contribution in [2.75, 3.05) is 5.32 Å². The zero-order chi connectivity index (χ0) is 13.0. The van der Waals surface area contributed by atoms with E-state index in [1.54, 1.807) is 0 Å². The van der Waals surface area contributed by atoms with Crippen molar-refractivity contribution in [2.24, 2.45) is 0 Å². The molecule has 0 unspecified atom stereocenters. The van der Waals surface area contributed by atoms with Crippen molar-refractivity contribution in [3.05, 3.63) is 53.5 Å². The number of rotatable bonds is 4. The molecule has 0 amide bonds. The summed E-state index contributed by atoms with van der Waals surface area (Å²) >= 11 is 0. The summed E-state index contributed by atoms with van der Waals surface area (Å²) in [6.45, 7) is 2.53. The predicted molar refractivity (Wildman–Crippen MR) is 67.5 cm³/mol. The molecule has 0 radical (unpaired) electrons. The Morgan fingerprint density at radius 2 is 1.89 bits per heavy atom. The van der Waals surface area contributed by atoms with E-state index >= 15 is 0 Å². The second kappa shape index (κ2) is 5.27. The maximum Gasteiger partial charge on any atom is 0.358 e. The molecule has 0 saturated carbocycles. The van der Waals surface area contributed by atoms with Gasteiger partial charge in [0.1, 0.15) is 0 Å². The first-order chi connectivity index (χ1) is 8.66. The van der Waals surface area contributed by atoms with Gasteiger partial charge in [0, 0.05) is 18.9 Å². The van der Waals surface area contributed by atoms with E-state index in [1.165, 1.54) is 18.0 Å². The molecule has 18 heavy (non-hydrogen) atoms. The summed E-state index contributed by atoms with van der Waals surface area (Å²) in [7, 11) is 0. The Kier molecular flexibility index (Phi) is 3.52. The van der Waals surface area contributed by atoms with Gasteiger partial charge in [-0.25, -0.2) is 14.8 Å². The van der Waals surface area contributed by atoms with Gasteiger partial charge in [0.2, 0.25) is 0 Å². The number of aromatic nitrogens is 2. The lowest BCUT2D eigenvalue weighted by Crippen LogP contribution is -2.10. The molecule has 5 nitrogen and oxygen atoms in total. The minimum absolute atomic E-state index is 0.0652. The fourth-order valence-electron chi connectivity index (χ4n) is 1.52. The van der Waals surface area contributed by atoms with E-state index in [0.717, 1.165) is 5.56 Å². The fraction of sp³-hybridized carbons (Fsp3) is 0.154. The Bertz CT molecular complexity index is 552. The number of carbonyl (C=O) groups is 1. The van der Waals surface area contributed by atoms with Crippen LogP contribution >= 0.6 is 0 Å². The summed E-state index contributed by atoms with van der Waals surface area (Å²) in [5, 5.41) is 11.9. The van der Waals surface area contributed by atoms with Gasteiger partial charge in [-0.2, -0.15) is 0 Å². The number of nitrogens with zero attached hydrogens (tertiary/aromatic N) is 2. The molecule has 0 atom stereocenters.